The number of carbonyl (C=O) groups is 1. The summed E-state index contributed by atoms with van der Waals surface area (Å²) >= 11 is 0. The average molecular weight is 255 g/mol. The molecule has 0 fully saturated rings. The topological polar surface area (TPSA) is 29.4 Å². The molecule has 0 aromatic rings. The van der Waals surface area contributed by atoms with E-state index >= 15 is 0 Å². The molecule has 1 unspecified atom stereocenters. The lowest BCUT2D eigenvalue weighted by Crippen LogP contribution is -2.33. The maximum absolute atomic E-state index is 12.8. The van der Waals surface area contributed by atoms with Crippen LogP contribution in [-0.4, -0.2) is 17.7 Å². The van der Waals surface area contributed by atoms with Crippen LogP contribution in [0.4, 0.5) is 13.2 Å². The third-order valence-electron chi connectivity index (χ3n) is 2.83. The first-order valence-electron chi connectivity index (χ1n) is 5.72. The summed E-state index contributed by atoms with van der Waals surface area (Å²) in [4.78, 5) is 15.8. The van der Waals surface area contributed by atoms with Gasteiger partial charge >= 0.3 is 6.18 Å². The standard InChI is InChI=1S/C13H12F3NO/c1-2-4-8-7-11(18)9-5-3-6-10(12(9)17-8)13(14,15)16/h3,5-7,9H,2,4H2,1H3. The third kappa shape index (κ3) is 2.30. The largest absolute Gasteiger partial charge is 0.418 e. The van der Waals surface area contributed by atoms with Crippen LogP contribution in [0, 0.1) is 5.92 Å². The van der Waals surface area contributed by atoms with Crippen LogP contribution in [0.3, 0.4) is 0 Å². The van der Waals surface area contributed by atoms with E-state index in [2.05, 4.69) is 4.99 Å². The maximum Gasteiger partial charge on any atom is 0.418 e. The number of fused-ring (bicyclic) bond motifs is 1. The van der Waals surface area contributed by atoms with Gasteiger partial charge in [-0.25, -0.2) is 0 Å². The van der Waals surface area contributed by atoms with E-state index in [0.29, 0.717) is 12.1 Å². The van der Waals surface area contributed by atoms with Crippen molar-refractivity contribution < 1.29 is 18.0 Å². The Bertz CT molecular complexity index is 495. The number of allylic oxidation sites excluding steroid dienone is 6. The predicted octanol–water partition coefficient (Wildman–Crippen LogP) is 3.37. The highest BCUT2D eigenvalue weighted by molar-refractivity contribution is 6.21. The van der Waals surface area contributed by atoms with Gasteiger partial charge in [0.1, 0.15) is 0 Å². The van der Waals surface area contributed by atoms with E-state index in [1.807, 2.05) is 6.92 Å². The van der Waals surface area contributed by atoms with Crippen LogP contribution in [0.25, 0.3) is 0 Å². The van der Waals surface area contributed by atoms with E-state index in [0.717, 1.165) is 12.5 Å². The lowest BCUT2D eigenvalue weighted by molar-refractivity contribution is -0.115. The third-order valence-corrected chi connectivity index (χ3v) is 2.83. The zero-order valence-corrected chi connectivity index (χ0v) is 9.79. The van der Waals surface area contributed by atoms with Crippen molar-refractivity contribution in [3.05, 3.63) is 35.6 Å². The lowest BCUT2D eigenvalue weighted by Gasteiger charge is -2.24. The smallest absolute Gasteiger partial charge is 0.294 e. The number of rotatable bonds is 2. The Morgan fingerprint density at radius 3 is 2.72 bits per heavy atom. The van der Waals surface area contributed by atoms with Gasteiger partial charge in [0.05, 0.1) is 17.2 Å². The van der Waals surface area contributed by atoms with Gasteiger partial charge < -0.3 is 0 Å². The van der Waals surface area contributed by atoms with Crippen LogP contribution in [0.5, 0.6) is 0 Å². The number of ketones is 1. The van der Waals surface area contributed by atoms with Crippen LogP contribution < -0.4 is 0 Å². The summed E-state index contributed by atoms with van der Waals surface area (Å²) in [7, 11) is 0. The molecule has 0 bridgehead atoms. The molecule has 0 amide bonds. The molecule has 2 nitrogen and oxygen atoms in total. The summed E-state index contributed by atoms with van der Waals surface area (Å²) in [5, 5.41) is 0. The minimum absolute atomic E-state index is 0.166. The van der Waals surface area contributed by atoms with Gasteiger partial charge in [-0.05, 0) is 12.5 Å². The molecule has 2 aliphatic rings. The minimum atomic E-state index is -4.48. The molecular formula is C13H12F3NO. The quantitative estimate of drug-likeness (QED) is 0.743. The molecule has 1 atom stereocenters. The summed E-state index contributed by atoms with van der Waals surface area (Å²) in [5.74, 6) is -1.21. The Labute approximate surface area is 103 Å². The van der Waals surface area contributed by atoms with Crippen LogP contribution in [0.15, 0.2) is 40.6 Å². The summed E-state index contributed by atoms with van der Waals surface area (Å²) in [6.07, 6.45) is 1.81. The van der Waals surface area contributed by atoms with Crippen LogP contribution in [0.1, 0.15) is 19.8 Å². The second-order valence-electron chi connectivity index (χ2n) is 4.23. The van der Waals surface area contributed by atoms with E-state index in [9.17, 15) is 18.0 Å². The van der Waals surface area contributed by atoms with Crippen molar-refractivity contribution in [2.24, 2.45) is 10.9 Å². The van der Waals surface area contributed by atoms with Crippen molar-refractivity contribution in [3.63, 3.8) is 0 Å². The molecule has 2 rings (SSSR count). The molecule has 1 aliphatic carbocycles. The molecule has 0 saturated heterocycles. The van der Waals surface area contributed by atoms with Crippen LogP contribution >= 0.6 is 0 Å². The van der Waals surface area contributed by atoms with E-state index in [1.54, 1.807) is 0 Å². The summed E-state index contributed by atoms with van der Waals surface area (Å²) in [5.41, 5.74) is -0.551. The first kappa shape index (κ1) is 12.8. The second kappa shape index (κ2) is 4.55. The Kier molecular flexibility index (Phi) is 3.24. The van der Waals surface area contributed by atoms with E-state index in [1.165, 1.54) is 18.2 Å². The highest BCUT2D eigenvalue weighted by Gasteiger charge is 2.42. The molecule has 96 valence electrons. The molecule has 0 N–H and O–H groups in total. The van der Waals surface area contributed by atoms with Crippen molar-refractivity contribution in [3.8, 4) is 0 Å². The number of alkyl halides is 3. The van der Waals surface area contributed by atoms with Crippen molar-refractivity contribution in [1.29, 1.82) is 0 Å². The summed E-state index contributed by atoms with van der Waals surface area (Å²) < 4.78 is 38.5. The van der Waals surface area contributed by atoms with Gasteiger partial charge in [0.25, 0.3) is 0 Å². The number of carbonyl (C=O) groups excluding carboxylic acids is 1. The summed E-state index contributed by atoms with van der Waals surface area (Å²) in [6.45, 7) is 1.89. The fourth-order valence-corrected chi connectivity index (χ4v) is 2.03. The first-order valence-corrected chi connectivity index (χ1v) is 5.72. The van der Waals surface area contributed by atoms with Crippen molar-refractivity contribution in [1.82, 2.24) is 0 Å². The molecule has 1 heterocycles. The van der Waals surface area contributed by atoms with Gasteiger partial charge in [-0.2, -0.15) is 13.2 Å². The molecule has 1 aliphatic heterocycles. The summed E-state index contributed by atoms with van der Waals surface area (Å²) in [6, 6.07) is 0. The minimum Gasteiger partial charge on any atom is -0.294 e. The van der Waals surface area contributed by atoms with Gasteiger partial charge in [0.2, 0.25) is 0 Å². The Hall–Kier alpha value is -1.65. The Morgan fingerprint density at radius 2 is 2.11 bits per heavy atom. The lowest BCUT2D eigenvalue weighted by atomic mass is 9.85. The van der Waals surface area contributed by atoms with Gasteiger partial charge in [-0.15, -0.1) is 0 Å². The van der Waals surface area contributed by atoms with E-state index in [4.69, 9.17) is 0 Å². The van der Waals surface area contributed by atoms with Crippen LogP contribution in [0.2, 0.25) is 0 Å². The number of hydrogen-bond acceptors (Lipinski definition) is 2. The monoisotopic (exact) mass is 255 g/mol. The van der Waals surface area contributed by atoms with Gasteiger partial charge in [-0.1, -0.05) is 25.5 Å². The molecule has 0 spiro atoms. The fraction of sp³-hybridized carbons (Fsp3) is 0.385. The normalized spacial score (nSPS) is 23.2. The first-order chi connectivity index (χ1) is 8.43. The molecule has 18 heavy (non-hydrogen) atoms. The molecule has 5 heteroatoms. The second-order valence-corrected chi connectivity index (χ2v) is 4.23. The fourth-order valence-electron chi connectivity index (χ4n) is 2.03. The molecule has 0 radical (unpaired) electrons. The Balaban J connectivity index is 2.43. The molecular weight excluding hydrogens is 243 g/mol. The molecule has 0 saturated carbocycles. The van der Waals surface area contributed by atoms with E-state index < -0.39 is 17.7 Å². The van der Waals surface area contributed by atoms with Crippen molar-refractivity contribution in [2.75, 3.05) is 0 Å². The van der Waals surface area contributed by atoms with Gasteiger partial charge in [0, 0.05) is 11.8 Å². The molecule has 0 aromatic carbocycles. The number of nitrogens with zero attached hydrogens (tertiary/aromatic N) is 1. The SMILES string of the molecule is CCCC1=CC(=O)C2C=CC=C(C(F)(F)F)C2=N1. The zero-order chi connectivity index (χ0) is 13.3. The Morgan fingerprint density at radius 1 is 1.39 bits per heavy atom. The predicted molar refractivity (Wildman–Crippen MR) is 62.2 cm³/mol. The van der Waals surface area contributed by atoms with Crippen LogP contribution in [-0.2, 0) is 4.79 Å². The van der Waals surface area contributed by atoms with Crippen molar-refractivity contribution >= 4 is 11.5 Å². The average Bonchev–Trinajstić information content (AvgIpc) is 2.27. The van der Waals surface area contributed by atoms with E-state index in [-0.39, 0.29) is 11.5 Å². The number of halogens is 3. The molecule has 0 aromatic heterocycles. The van der Waals surface area contributed by atoms with Gasteiger partial charge in [-0.3, -0.25) is 9.79 Å². The van der Waals surface area contributed by atoms with Crippen molar-refractivity contribution in [2.45, 2.75) is 25.9 Å². The highest BCUT2D eigenvalue weighted by atomic mass is 19.4. The van der Waals surface area contributed by atoms with Gasteiger partial charge in [0.15, 0.2) is 5.78 Å². The number of hydrogen-bond donors (Lipinski definition) is 0. The number of aliphatic imine (C=N–C) groups is 1. The highest BCUT2D eigenvalue weighted by Crippen LogP contribution is 2.34. The maximum atomic E-state index is 12.8. The zero-order valence-electron chi connectivity index (χ0n) is 9.79.